The van der Waals surface area contributed by atoms with Crippen molar-refractivity contribution >= 4 is 28.9 Å². The Bertz CT molecular complexity index is 1070. The third kappa shape index (κ3) is 9.06. The monoisotopic (exact) mass is 490 g/mol. The van der Waals surface area contributed by atoms with Crippen LogP contribution >= 0.6 is 12.2 Å². The van der Waals surface area contributed by atoms with Gasteiger partial charge in [-0.2, -0.15) is 0 Å². The highest BCUT2D eigenvalue weighted by Crippen LogP contribution is 2.24. The van der Waals surface area contributed by atoms with Gasteiger partial charge in [0.05, 0.1) is 24.5 Å². The summed E-state index contributed by atoms with van der Waals surface area (Å²) in [5.41, 5.74) is 2.45. The molecule has 0 aliphatic rings. The number of hydrogen-bond donors (Lipinski definition) is 2. The summed E-state index contributed by atoms with van der Waals surface area (Å²) in [5, 5.41) is 6.05. The van der Waals surface area contributed by atoms with Gasteiger partial charge in [0.25, 0.3) is 5.91 Å². The fraction of sp³-hybridized carbons (Fsp3) is 0.310. The highest BCUT2D eigenvalue weighted by Gasteiger charge is 2.14. The van der Waals surface area contributed by atoms with Gasteiger partial charge in [-0.3, -0.25) is 10.1 Å². The smallest absolute Gasteiger partial charge is 0.261 e. The number of anilines is 1. The molecule has 0 radical (unpaired) electrons. The summed E-state index contributed by atoms with van der Waals surface area (Å²) in [7, 11) is 0. The van der Waals surface area contributed by atoms with Gasteiger partial charge >= 0.3 is 0 Å². The van der Waals surface area contributed by atoms with E-state index in [4.69, 9.17) is 21.7 Å². The molecule has 0 spiro atoms. The molecule has 0 aliphatic carbocycles. The van der Waals surface area contributed by atoms with Gasteiger partial charge in [0.1, 0.15) is 11.5 Å². The predicted molar refractivity (Wildman–Crippen MR) is 146 cm³/mol. The molecule has 0 saturated heterocycles. The maximum absolute atomic E-state index is 12.9. The number of thiocarbonyl (C=S) groups is 1. The topological polar surface area (TPSA) is 59.6 Å². The largest absolute Gasteiger partial charge is 0.493 e. The van der Waals surface area contributed by atoms with Gasteiger partial charge in [-0.15, -0.1) is 0 Å². The summed E-state index contributed by atoms with van der Waals surface area (Å²) in [6.07, 6.45) is 6.28. The van der Waals surface area contributed by atoms with E-state index >= 15 is 0 Å². The van der Waals surface area contributed by atoms with Crippen LogP contribution in [0.25, 0.3) is 0 Å². The molecule has 0 aromatic heterocycles. The molecular formula is C29H34N2O3S. The Morgan fingerprint density at radius 2 is 1.43 bits per heavy atom. The van der Waals surface area contributed by atoms with Crippen LogP contribution in [0.2, 0.25) is 0 Å². The first-order chi connectivity index (χ1) is 17.2. The Labute approximate surface area is 213 Å². The van der Waals surface area contributed by atoms with E-state index in [1.54, 1.807) is 6.07 Å². The molecule has 0 aliphatic heterocycles. The SMILES string of the molecule is CCCCCCOc1ccccc1C(=O)NC(=S)Nc1ccccc1OCCCc1ccccc1. The van der Waals surface area contributed by atoms with E-state index in [1.807, 2.05) is 60.7 Å². The van der Waals surface area contributed by atoms with Crippen molar-refractivity contribution in [1.82, 2.24) is 5.32 Å². The summed E-state index contributed by atoms with van der Waals surface area (Å²) in [4.78, 5) is 12.9. The maximum Gasteiger partial charge on any atom is 0.261 e. The highest BCUT2D eigenvalue weighted by molar-refractivity contribution is 7.80. The average Bonchev–Trinajstić information content (AvgIpc) is 2.88. The van der Waals surface area contributed by atoms with Gasteiger partial charge in [0.15, 0.2) is 5.11 Å². The van der Waals surface area contributed by atoms with E-state index in [-0.39, 0.29) is 11.0 Å². The fourth-order valence-corrected chi connectivity index (χ4v) is 3.82. The van der Waals surface area contributed by atoms with Crippen LogP contribution in [0.3, 0.4) is 0 Å². The van der Waals surface area contributed by atoms with Gasteiger partial charge in [0, 0.05) is 0 Å². The van der Waals surface area contributed by atoms with Gasteiger partial charge in [-0.1, -0.05) is 80.8 Å². The van der Waals surface area contributed by atoms with E-state index in [0.717, 1.165) is 25.7 Å². The number of hydrogen-bond acceptors (Lipinski definition) is 4. The van der Waals surface area contributed by atoms with Crippen LogP contribution < -0.4 is 20.1 Å². The summed E-state index contributed by atoms with van der Waals surface area (Å²) < 4.78 is 11.9. The molecule has 0 bridgehead atoms. The van der Waals surface area contributed by atoms with Crippen molar-refractivity contribution in [1.29, 1.82) is 0 Å². The second kappa shape index (κ2) is 14.8. The number of para-hydroxylation sites is 3. The maximum atomic E-state index is 12.9. The quantitative estimate of drug-likeness (QED) is 0.204. The van der Waals surface area contributed by atoms with Crippen LogP contribution in [0, 0.1) is 0 Å². The molecule has 0 unspecified atom stereocenters. The summed E-state index contributed by atoms with van der Waals surface area (Å²) in [6.45, 7) is 3.34. The molecule has 0 fully saturated rings. The van der Waals surface area contributed by atoms with Crippen LogP contribution in [0.5, 0.6) is 11.5 Å². The van der Waals surface area contributed by atoms with Crippen molar-refractivity contribution in [2.75, 3.05) is 18.5 Å². The average molecular weight is 491 g/mol. The molecular weight excluding hydrogens is 456 g/mol. The third-order valence-electron chi connectivity index (χ3n) is 5.46. The van der Waals surface area contributed by atoms with Gasteiger partial charge in [0.2, 0.25) is 0 Å². The van der Waals surface area contributed by atoms with Crippen molar-refractivity contribution in [3.05, 3.63) is 90.0 Å². The number of rotatable bonds is 13. The van der Waals surface area contributed by atoms with Crippen molar-refractivity contribution in [2.24, 2.45) is 0 Å². The number of benzene rings is 3. The molecule has 35 heavy (non-hydrogen) atoms. The number of carbonyl (C=O) groups is 1. The van der Waals surface area contributed by atoms with E-state index < -0.39 is 0 Å². The van der Waals surface area contributed by atoms with Crippen LogP contribution in [0.1, 0.15) is 54.9 Å². The fourth-order valence-electron chi connectivity index (χ4n) is 3.61. The zero-order valence-electron chi connectivity index (χ0n) is 20.3. The molecule has 0 atom stereocenters. The third-order valence-corrected chi connectivity index (χ3v) is 5.66. The number of aryl methyl sites for hydroxylation is 1. The molecule has 0 saturated carbocycles. The lowest BCUT2D eigenvalue weighted by atomic mass is 10.1. The van der Waals surface area contributed by atoms with E-state index in [0.29, 0.717) is 36.0 Å². The van der Waals surface area contributed by atoms with Crippen molar-refractivity contribution in [2.45, 2.75) is 45.4 Å². The van der Waals surface area contributed by atoms with E-state index in [9.17, 15) is 4.79 Å². The highest BCUT2D eigenvalue weighted by atomic mass is 32.1. The molecule has 3 rings (SSSR count). The van der Waals surface area contributed by atoms with Crippen molar-refractivity contribution in [3.8, 4) is 11.5 Å². The standard InChI is InChI=1S/C29H34N2O3S/c1-2-3-4-12-21-33-26-19-10-8-17-24(26)28(32)31-29(35)30-25-18-9-11-20-27(25)34-22-13-16-23-14-6-5-7-15-23/h5-11,14-15,17-20H,2-4,12-13,16,21-22H2,1H3,(H2,30,31,32,35). The number of amides is 1. The summed E-state index contributed by atoms with van der Waals surface area (Å²) in [5.74, 6) is 0.937. The molecule has 5 nitrogen and oxygen atoms in total. The zero-order chi connectivity index (χ0) is 24.7. The molecule has 0 heterocycles. The summed E-state index contributed by atoms with van der Waals surface area (Å²) >= 11 is 5.41. The minimum absolute atomic E-state index is 0.202. The second-order valence-electron chi connectivity index (χ2n) is 8.25. The lowest BCUT2D eigenvalue weighted by molar-refractivity contribution is 0.0973. The molecule has 3 aromatic carbocycles. The van der Waals surface area contributed by atoms with Crippen LogP contribution in [0.15, 0.2) is 78.9 Å². The first kappa shape index (κ1) is 26.2. The summed E-state index contributed by atoms with van der Waals surface area (Å²) in [6, 6.07) is 25.1. The van der Waals surface area contributed by atoms with E-state index in [2.05, 4.69) is 29.7 Å². The normalized spacial score (nSPS) is 10.4. The Balaban J connectivity index is 1.51. The number of ether oxygens (including phenoxy) is 2. The number of nitrogens with one attached hydrogen (secondary N) is 2. The Kier molecular flexibility index (Phi) is 11.1. The number of unbranched alkanes of at least 4 members (excludes halogenated alkanes) is 3. The van der Waals surface area contributed by atoms with Crippen molar-refractivity contribution in [3.63, 3.8) is 0 Å². The van der Waals surface area contributed by atoms with Gasteiger partial charge in [-0.05, 0) is 61.3 Å². The first-order valence-corrected chi connectivity index (χ1v) is 12.7. The van der Waals surface area contributed by atoms with Crippen LogP contribution in [-0.4, -0.2) is 24.2 Å². The minimum atomic E-state index is -0.312. The Morgan fingerprint density at radius 1 is 0.771 bits per heavy atom. The Morgan fingerprint density at radius 3 is 2.23 bits per heavy atom. The minimum Gasteiger partial charge on any atom is -0.493 e. The van der Waals surface area contributed by atoms with Crippen LogP contribution in [0.4, 0.5) is 5.69 Å². The first-order valence-electron chi connectivity index (χ1n) is 12.3. The lowest BCUT2D eigenvalue weighted by Gasteiger charge is -2.15. The Hall–Kier alpha value is -3.38. The lowest BCUT2D eigenvalue weighted by Crippen LogP contribution is -2.34. The molecule has 184 valence electrons. The molecule has 1 amide bonds. The van der Waals surface area contributed by atoms with E-state index in [1.165, 1.54) is 18.4 Å². The predicted octanol–water partition coefficient (Wildman–Crippen LogP) is 6.78. The number of carbonyl (C=O) groups excluding carboxylic acids is 1. The van der Waals surface area contributed by atoms with Crippen molar-refractivity contribution < 1.29 is 14.3 Å². The molecule has 3 aromatic rings. The second-order valence-corrected chi connectivity index (χ2v) is 8.66. The molecule has 2 N–H and O–H groups in total. The zero-order valence-corrected chi connectivity index (χ0v) is 21.1. The van der Waals surface area contributed by atoms with Gasteiger partial charge in [-0.25, -0.2) is 0 Å². The molecule has 6 heteroatoms. The van der Waals surface area contributed by atoms with Crippen LogP contribution in [-0.2, 0) is 6.42 Å². The van der Waals surface area contributed by atoms with Gasteiger partial charge < -0.3 is 14.8 Å².